The predicted octanol–water partition coefficient (Wildman–Crippen LogP) is 2.36. The standard InChI is InChI=1S/C18H16FN5O2S/c19-12-1-2-14-15(9-12)26-21-17(14)23-7-5-22(6-8-23)10-13-11-27-18-20-16(25)3-4-24(13)18/h1-4,9,11H,5-8,10H2. The number of thiazole rings is 1. The number of anilines is 1. The number of hydrogen-bond donors (Lipinski definition) is 0. The van der Waals surface area contributed by atoms with E-state index in [4.69, 9.17) is 4.52 Å². The Morgan fingerprint density at radius 1 is 1.19 bits per heavy atom. The van der Waals surface area contributed by atoms with Crippen LogP contribution in [0.15, 0.2) is 45.2 Å². The van der Waals surface area contributed by atoms with E-state index in [2.05, 4.69) is 19.9 Å². The molecule has 0 amide bonds. The van der Waals surface area contributed by atoms with E-state index in [1.54, 1.807) is 12.3 Å². The summed E-state index contributed by atoms with van der Waals surface area (Å²) < 4.78 is 20.6. The van der Waals surface area contributed by atoms with Crippen LogP contribution in [0.1, 0.15) is 5.69 Å². The Balaban J connectivity index is 1.30. The third kappa shape index (κ3) is 2.98. The average molecular weight is 385 g/mol. The molecule has 1 aliphatic heterocycles. The van der Waals surface area contributed by atoms with Crippen LogP contribution in [0.25, 0.3) is 15.9 Å². The van der Waals surface area contributed by atoms with Gasteiger partial charge in [0.1, 0.15) is 5.82 Å². The molecule has 4 aromatic rings. The van der Waals surface area contributed by atoms with Gasteiger partial charge < -0.3 is 9.42 Å². The lowest BCUT2D eigenvalue weighted by molar-refractivity contribution is 0.245. The Morgan fingerprint density at radius 2 is 2.04 bits per heavy atom. The Labute approximate surface area is 157 Å². The average Bonchev–Trinajstić information content (AvgIpc) is 3.26. The van der Waals surface area contributed by atoms with Gasteiger partial charge in [-0.2, -0.15) is 4.98 Å². The highest BCUT2D eigenvalue weighted by atomic mass is 32.1. The van der Waals surface area contributed by atoms with Crippen molar-refractivity contribution in [1.82, 2.24) is 19.4 Å². The number of halogens is 1. The number of rotatable bonds is 3. The number of fused-ring (bicyclic) bond motifs is 2. The molecule has 0 atom stereocenters. The lowest BCUT2D eigenvalue weighted by atomic mass is 10.2. The summed E-state index contributed by atoms with van der Waals surface area (Å²) in [5, 5.41) is 7.02. The van der Waals surface area contributed by atoms with Crippen molar-refractivity contribution >= 4 is 33.1 Å². The van der Waals surface area contributed by atoms with Crippen molar-refractivity contribution in [3.05, 3.63) is 57.7 Å². The first-order chi connectivity index (χ1) is 13.2. The van der Waals surface area contributed by atoms with Crippen molar-refractivity contribution in [2.75, 3.05) is 31.1 Å². The number of piperazine rings is 1. The number of hydrogen-bond acceptors (Lipinski definition) is 7. The first kappa shape index (κ1) is 16.4. The zero-order valence-corrected chi connectivity index (χ0v) is 15.2. The SMILES string of the molecule is O=c1ccn2c(CN3CCN(c4noc5cc(F)ccc45)CC3)csc2n1. The minimum absolute atomic E-state index is 0.211. The molecule has 0 aliphatic carbocycles. The zero-order chi connectivity index (χ0) is 18.4. The van der Waals surface area contributed by atoms with Gasteiger partial charge >= 0.3 is 0 Å². The molecule has 7 nitrogen and oxygen atoms in total. The summed E-state index contributed by atoms with van der Waals surface area (Å²) in [6.07, 6.45) is 1.79. The number of benzene rings is 1. The topological polar surface area (TPSA) is 66.9 Å². The van der Waals surface area contributed by atoms with Crippen LogP contribution in [0.5, 0.6) is 0 Å². The van der Waals surface area contributed by atoms with Crippen LogP contribution < -0.4 is 10.5 Å². The van der Waals surface area contributed by atoms with Gasteiger partial charge in [-0.05, 0) is 12.1 Å². The molecule has 5 rings (SSSR count). The molecule has 9 heteroatoms. The first-order valence-electron chi connectivity index (χ1n) is 8.65. The van der Waals surface area contributed by atoms with Gasteiger partial charge in [-0.25, -0.2) is 4.39 Å². The fraction of sp³-hybridized carbons (Fsp3) is 0.278. The van der Waals surface area contributed by atoms with Crippen molar-refractivity contribution in [2.24, 2.45) is 0 Å². The summed E-state index contributed by atoms with van der Waals surface area (Å²) in [6, 6.07) is 6.00. The summed E-state index contributed by atoms with van der Waals surface area (Å²) in [5.41, 5.74) is 1.38. The highest BCUT2D eigenvalue weighted by molar-refractivity contribution is 7.15. The van der Waals surface area contributed by atoms with Gasteiger partial charge in [0.15, 0.2) is 16.4 Å². The largest absolute Gasteiger partial charge is 0.354 e. The second kappa shape index (κ2) is 6.43. The lowest BCUT2D eigenvalue weighted by Crippen LogP contribution is -2.46. The highest BCUT2D eigenvalue weighted by Crippen LogP contribution is 2.27. The van der Waals surface area contributed by atoms with Crippen LogP contribution in [-0.2, 0) is 6.54 Å². The minimum Gasteiger partial charge on any atom is -0.354 e. The molecule has 0 N–H and O–H groups in total. The van der Waals surface area contributed by atoms with E-state index in [1.165, 1.54) is 29.5 Å². The number of aromatic nitrogens is 3. The second-order valence-electron chi connectivity index (χ2n) is 6.56. The van der Waals surface area contributed by atoms with E-state index in [-0.39, 0.29) is 11.4 Å². The van der Waals surface area contributed by atoms with Crippen LogP contribution in [0.4, 0.5) is 10.2 Å². The van der Waals surface area contributed by atoms with Crippen LogP contribution in [0.3, 0.4) is 0 Å². The molecule has 0 spiro atoms. The van der Waals surface area contributed by atoms with Crippen molar-refractivity contribution in [1.29, 1.82) is 0 Å². The van der Waals surface area contributed by atoms with E-state index in [9.17, 15) is 9.18 Å². The molecule has 27 heavy (non-hydrogen) atoms. The van der Waals surface area contributed by atoms with Crippen LogP contribution in [0.2, 0.25) is 0 Å². The Bertz CT molecular complexity index is 1180. The quantitative estimate of drug-likeness (QED) is 0.539. The molecule has 0 radical (unpaired) electrons. The Kier molecular flexibility index (Phi) is 3.91. The molecular weight excluding hydrogens is 369 g/mol. The zero-order valence-electron chi connectivity index (χ0n) is 14.3. The predicted molar refractivity (Wildman–Crippen MR) is 101 cm³/mol. The lowest BCUT2D eigenvalue weighted by Gasteiger charge is -2.34. The van der Waals surface area contributed by atoms with Crippen molar-refractivity contribution < 1.29 is 8.91 Å². The highest BCUT2D eigenvalue weighted by Gasteiger charge is 2.22. The molecule has 1 aliphatic rings. The Hall–Kier alpha value is -2.78. The Morgan fingerprint density at radius 3 is 2.89 bits per heavy atom. The minimum atomic E-state index is -0.325. The molecule has 3 aromatic heterocycles. The van der Waals surface area contributed by atoms with Gasteiger partial charge in [0.25, 0.3) is 5.56 Å². The van der Waals surface area contributed by atoms with Crippen LogP contribution in [-0.4, -0.2) is 45.6 Å². The molecule has 1 aromatic carbocycles. The summed E-state index contributed by atoms with van der Waals surface area (Å²) >= 11 is 1.48. The fourth-order valence-electron chi connectivity index (χ4n) is 3.45. The third-order valence-electron chi connectivity index (χ3n) is 4.86. The van der Waals surface area contributed by atoms with Gasteiger partial charge in [0.05, 0.1) is 5.39 Å². The van der Waals surface area contributed by atoms with E-state index in [0.717, 1.165) is 54.6 Å². The van der Waals surface area contributed by atoms with Gasteiger partial charge in [-0.15, -0.1) is 11.3 Å². The molecule has 138 valence electrons. The van der Waals surface area contributed by atoms with E-state index in [1.807, 2.05) is 9.78 Å². The monoisotopic (exact) mass is 385 g/mol. The smallest absolute Gasteiger partial charge is 0.273 e. The summed E-state index contributed by atoms with van der Waals surface area (Å²) in [5.74, 6) is 0.446. The van der Waals surface area contributed by atoms with Gasteiger partial charge in [0, 0.05) is 62.1 Å². The van der Waals surface area contributed by atoms with E-state index in [0.29, 0.717) is 5.58 Å². The maximum atomic E-state index is 13.3. The van der Waals surface area contributed by atoms with Crippen molar-refractivity contribution in [3.63, 3.8) is 0 Å². The molecular formula is C18H16FN5O2S. The molecule has 0 saturated carbocycles. The maximum absolute atomic E-state index is 13.3. The van der Waals surface area contributed by atoms with Gasteiger partial charge in [-0.3, -0.25) is 14.1 Å². The first-order valence-corrected chi connectivity index (χ1v) is 9.53. The third-order valence-corrected chi connectivity index (χ3v) is 5.75. The van der Waals surface area contributed by atoms with E-state index >= 15 is 0 Å². The van der Waals surface area contributed by atoms with Crippen LogP contribution >= 0.6 is 11.3 Å². The second-order valence-corrected chi connectivity index (χ2v) is 7.39. The molecule has 4 heterocycles. The van der Waals surface area contributed by atoms with Gasteiger partial charge in [-0.1, -0.05) is 5.16 Å². The summed E-state index contributed by atoms with van der Waals surface area (Å²) in [4.78, 5) is 20.6. The molecule has 1 fully saturated rings. The normalized spacial score (nSPS) is 15.8. The molecule has 1 saturated heterocycles. The fourth-order valence-corrected chi connectivity index (χ4v) is 4.32. The van der Waals surface area contributed by atoms with Crippen molar-refractivity contribution in [3.8, 4) is 0 Å². The van der Waals surface area contributed by atoms with Crippen LogP contribution in [0, 0.1) is 5.82 Å². The molecule has 0 unspecified atom stereocenters. The summed E-state index contributed by atoms with van der Waals surface area (Å²) in [7, 11) is 0. The maximum Gasteiger partial charge on any atom is 0.273 e. The molecule has 0 bridgehead atoms. The van der Waals surface area contributed by atoms with Gasteiger partial charge in [0.2, 0.25) is 0 Å². The number of nitrogens with zero attached hydrogens (tertiary/aromatic N) is 5. The summed E-state index contributed by atoms with van der Waals surface area (Å²) in [6.45, 7) is 4.17. The van der Waals surface area contributed by atoms with E-state index < -0.39 is 0 Å². The van der Waals surface area contributed by atoms with Crippen molar-refractivity contribution in [2.45, 2.75) is 6.54 Å².